The van der Waals surface area contributed by atoms with Gasteiger partial charge in [0.1, 0.15) is 0 Å². The monoisotopic (exact) mass is 579 g/mol. The van der Waals surface area contributed by atoms with E-state index >= 15 is 0 Å². The number of H-pyrrole nitrogens is 1. The smallest absolute Gasteiger partial charge is 0.227 e. The van der Waals surface area contributed by atoms with Crippen molar-refractivity contribution in [2.75, 3.05) is 0 Å². The second-order valence-corrected chi connectivity index (χ2v) is 10.2. The highest BCUT2D eigenvalue weighted by atomic mass is 127. The van der Waals surface area contributed by atoms with Crippen LogP contribution < -0.4 is 33.5 Å². The van der Waals surface area contributed by atoms with Gasteiger partial charge >= 0.3 is 0 Å². The lowest BCUT2D eigenvalue weighted by Gasteiger charge is -2.25. The summed E-state index contributed by atoms with van der Waals surface area (Å²) >= 11 is 1.90. The van der Waals surface area contributed by atoms with Gasteiger partial charge in [0.15, 0.2) is 18.1 Å². The summed E-state index contributed by atoms with van der Waals surface area (Å²) < 4.78 is 5.06. The number of thiophene rings is 1. The van der Waals surface area contributed by atoms with E-state index in [-0.39, 0.29) is 29.9 Å². The minimum Gasteiger partial charge on any atom is -1.00 e. The zero-order chi connectivity index (χ0) is 22.4. The normalized spacial score (nSPS) is 15.0. The summed E-state index contributed by atoms with van der Waals surface area (Å²) in [6.07, 6.45) is 4.18. The van der Waals surface area contributed by atoms with Crippen LogP contribution in [0.25, 0.3) is 58.8 Å². The minimum atomic E-state index is 0. The Morgan fingerprint density at radius 2 is 1.54 bits per heavy atom. The first kappa shape index (κ1) is 21.0. The van der Waals surface area contributed by atoms with Gasteiger partial charge in [-0.1, -0.05) is 36.4 Å². The van der Waals surface area contributed by atoms with Gasteiger partial charge in [-0.15, -0.1) is 11.3 Å². The maximum atomic E-state index is 4.68. The Bertz CT molecular complexity index is 1940. The van der Waals surface area contributed by atoms with Gasteiger partial charge in [0.05, 0.1) is 22.3 Å². The lowest BCUT2D eigenvalue weighted by molar-refractivity contribution is -0.555. The number of hydrogen-bond acceptors (Lipinski definition) is 1. The summed E-state index contributed by atoms with van der Waals surface area (Å²) in [5.74, 6) is 0.0668. The molecule has 0 bridgehead atoms. The topological polar surface area (TPSA) is 18.0 Å². The van der Waals surface area contributed by atoms with Crippen LogP contribution in [0.4, 0.5) is 0 Å². The van der Waals surface area contributed by atoms with E-state index in [1.165, 1.54) is 58.5 Å². The highest BCUT2D eigenvalue weighted by molar-refractivity contribution is 7.26. The number of nitrogens with zero attached hydrogens (tertiary/aromatic N) is 1. The van der Waals surface area contributed by atoms with Crippen LogP contribution in [0.2, 0.25) is 0 Å². The van der Waals surface area contributed by atoms with Crippen LogP contribution in [0.5, 0.6) is 0 Å². The summed E-state index contributed by atoms with van der Waals surface area (Å²) in [5, 5.41) is 6.82. The standard InChI is InChI=1S/C31H19N2S.HI/c1-18-27(20-9-3-2-8-19(20)24-12-4-5-16-32-24)23-14-15-26-30-28-21(10-6-13-25(28)34-26)22-11-7-17-33(18)31(22)29(23)30;/h2-17,27H,1H2;1H/q+1;. The molecule has 2 nitrogen and oxygen atoms in total. The maximum Gasteiger partial charge on any atom is 0.227 e. The summed E-state index contributed by atoms with van der Waals surface area (Å²) in [6, 6.07) is 30.8. The summed E-state index contributed by atoms with van der Waals surface area (Å²) in [5.41, 5.74) is 7.34. The third-order valence-corrected chi connectivity index (χ3v) is 8.56. The molecule has 0 amide bonds. The first-order valence-electron chi connectivity index (χ1n) is 11.6. The van der Waals surface area contributed by atoms with E-state index < -0.39 is 0 Å². The van der Waals surface area contributed by atoms with Crippen molar-refractivity contribution >= 4 is 58.9 Å². The predicted octanol–water partition coefficient (Wildman–Crippen LogP) is 4.19. The molecule has 8 rings (SSSR count). The Morgan fingerprint density at radius 3 is 2.43 bits per heavy atom. The van der Waals surface area contributed by atoms with Crippen molar-refractivity contribution in [1.29, 1.82) is 0 Å². The van der Waals surface area contributed by atoms with Gasteiger partial charge in [-0.05, 0) is 53.4 Å². The molecule has 35 heavy (non-hydrogen) atoms. The number of benzene rings is 4. The van der Waals surface area contributed by atoms with Crippen LogP contribution in [0, 0.1) is 0 Å². The largest absolute Gasteiger partial charge is 1.00 e. The number of nitrogens with one attached hydrogen (secondary N) is 1. The lowest BCUT2D eigenvalue weighted by Crippen LogP contribution is -3.00. The number of rotatable bonds is 2. The maximum absolute atomic E-state index is 4.68. The van der Waals surface area contributed by atoms with E-state index in [9.17, 15) is 0 Å². The number of pyridine rings is 2. The van der Waals surface area contributed by atoms with Gasteiger partial charge in [-0.25, -0.2) is 4.98 Å². The van der Waals surface area contributed by atoms with Gasteiger partial charge in [-0.2, -0.15) is 4.57 Å². The molecule has 3 aromatic heterocycles. The molecule has 0 spiro atoms. The number of fused-ring (bicyclic) bond motifs is 1. The molecular weight excluding hydrogens is 559 g/mol. The third-order valence-electron chi connectivity index (χ3n) is 7.44. The molecule has 7 aromatic rings. The van der Waals surface area contributed by atoms with Crippen molar-refractivity contribution in [2.45, 2.75) is 5.92 Å². The van der Waals surface area contributed by atoms with Crippen LogP contribution in [0.15, 0.2) is 104 Å². The SMILES string of the molecule is C=C1C(c2ccccc2-c2cccc[nH+]2)c2ccc3sc4cccc5c6ccc[n+]1c6c2c3c45.[I-]. The Labute approximate surface area is 223 Å². The zero-order valence-electron chi connectivity index (χ0n) is 18.8. The Kier molecular flexibility index (Phi) is 4.54. The second-order valence-electron chi connectivity index (χ2n) is 9.11. The lowest BCUT2D eigenvalue weighted by atomic mass is 9.79. The average molecular weight is 579 g/mol. The molecule has 1 aliphatic heterocycles. The second kappa shape index (κ2) is 7.57. The summed E-state index contributed by atoms with van der Waals surface area (Å²) in [4.78, 5) is 3.44. The van der Waals surface area contributed by atoms with Gasteiger partial charge in [0.2, 0.25) is 11.2 Å². The fourth-order valence-corrected chi connectivity index (χ4v) is 7.23. The molecule has 0 aliphatic carbocycles. The van der Waals surface area contributed by atoms with E-state index in [1.54, 1.807) is 0 Å². The predicted molar refractivity (Wildman–Crippen MR) is 141 cm³/mol. The zero-order valence-corrected chi connectivity index (χ0v) is 21.7. The van der Waals surface area contributed by atoms with Crippen molar-refractivity contribution in [3.05, 3.63) is 115 Å². The molecule has 0 radical (unpaired) electrons. The molecule has 1 aliphatic rings. The van der Waals surface area contributed by atoms with Gasteiger partial charge in [0, 0.05) is 38.4 Å². The average Bonchev–Trinajstić information content (AvgIpc) is 3.28. The highest BCUT2D eigenvalue weighted by Crippen LogP contribution is 2.50. The Balaban J connectivity index is 0.00000210. The van der Waals surface area contributed by atoms with Crippen LogP contribution in [-0.2, 0) is 0 Å². The molecule has 4 aromatic carbocycles. The van der Waals surface area contributed by atoms with E-state index in [1.807, 2.05) is 23.6 Å². The molecule has 4 heteroatoms. The number of aromatic amines is 1. The number of aromatic nitrogens is 2. The van der Waals surface area contributed by atoms with Crippen molar-refractivity contribution in [3.63, 3.8) is 0 Å². The first-order valence-corrected chi connectivity index (χ1v) is 12.4. The number of allylic oxidation sites excluding steroid dienone is 1. The minimum absolute atomic E-state index is 0. The van der Waals surface area contributed by atoms with E-state index in [0.717, 1.165) is 11.4 Å². The number of hydrogen-bond donors (Lipinski definition) is 0. The fourth-order valence-electron chi connectivity index (χ4n) is 6.09. The van der Waals surface area contributed by atoms with Crippen LogP contribution in [-0.4, -0.2) is 0 Å². The van der Waals surface area contributed by atoms with Crippen LogP contribution >= 0.6 is 11.3 Å². The first-order chi connectivity index (χ1) is 16.8. The van der Waals surface area contributed by atoms with Crippen molar-refractivity contribution in [3.8, 4) is 11.3 Å². The molecule has 0 saturated heterocycles. The molecule has 0 fully saturated rings. The third kappa shape index (κ3) is 2.69. The van der Waals surface area contributed by atoms with E-state index in [0.29, 0.717) is 0 Å². The summed E-state index contributed by atoms with van der Waals surface area (Å²) in [6.45, 7) is 4.68. The quantitative estimate of drug-likeness (QED) is 0.166. The molecular formula is C31H20IN2S+. The number of halogens is 1. The molecule has 1 unspecified atom stereocenters. The van der Waals surface area contributed by atoms with Crippen molar-refractivity contribution in [2.24, 2.45) is 0 Å². The molecule has 1 atom stereocenters. The Morgan fingerprint density at radius 1 is 0.714 bits per heavy atom. The van der Waals surface area contributed by atoms with E-state index in [4.69, 9.17) is 0 Å². The van der Waals surface area contributed by atoms with Crippen molar-refractivity contribution < 1.29 is 33.5 Å². The highest BCUT2D eigenvalue weighted by Gasteiger charge is 2.38. The van der Waals surface area contributed by atoms with Gasteiger partial charge in [0.25, 0.3) is 0 Å². The van der Waals surface area contributed by atoms with Crippen LogP contribution in [0.3, 0.4) is 0 Å². The molecule has 0 saturated carbocycles. The van der Waals surface area contributed by atoms with Gasteiger partial charge < -0.3 is 24.0 Å². The van der Waals surface area contributed by atoms with Crippen molar-refractivity contribution in [1.82, 2.24) is 0 Å². The van der Waals surface area contributed by atoms with Gasteiger partial charge in [-0.3, -0.25) is 0 Å². The van der Waals surface area contributed by atoms with E-state index in [2.05, 4.69) is 101 Å². The molecule has 166 valence electrons. The Hall–Kier alpha value is -3.35. The molecule has 4 heterocycles. The fraction of sp³-hybridized carbons (Fsp3) is 0.0323. The molecule has 1 N–H and O–H groups in total. The summed E-state index contributed by atoms with van der Waals surface area (Å²) in [7, 11) is 0. The van der Waals surface area contributed by atoms with Crippen LogP contribution in [0.1, 0.15) is 17.0 Å².